The van der Waals surface area contributed by atoms with Gasteiger partial charge in [-0.3, -0.25) is 9.36 Å². The summed E-state index contributed by atoms with van der Waals surface area (Å²) in [5, 5.41) is 3.31. The Balaban J connectivity index is 2.50. The second-order valence-electron chi connectivity index (χ2n) is 4.70. The maximum absolute atomic E-state index is 14.1. The standard InChI is InChI=1S/C15H12F2N4O/c1-8-9-6-7-12(22)21(14(9)20-15(18-2)19-8)13-10(16)4-3-5-11(13)17/h3-7H,1-2H3,(H,18,19,20). The summed E-state index contributed by atoms with van der Waals surface area (Å²) in [6, 6.07) is 6.21. The van der Waals surface area contributed by atoms with Crippen molar-refractivity contribution in [3.63, 3.8) is 0 Å². The normalized spacial score (nSPS) is 10.9. The molecule has 3 aromatic rings. The van der Waals surface area contributed by atoms with Crippen molar-refractivity contribution in [2.75, 3.05) is 12.4 Å². The van der Waals surface area contributed by atoms with Crippen molar-refractivity contribution in [2.24, 2.45) is 0 Å². The smallest absolute Gasteiger partial charge is 0.256 e. The molecule has 1 N–H and O–H groups in total. The molecule has 0 aliphatic carbocycles. The Kier molecular flexibility index (Phi) is 3.32. The first-order chi connectivity index (χ1) is 10.5. The van der Waals surface area contributed by atoms with Gasteiger partial charge in [-0.05, 0) is 25.1 Å². The predicted molar refractivity (Wildman–Crippen MR) is 79.3 cm³/mol. The molecule has 0 aliphatic rings. The summed E-state index contributed by atoms with van der Waals surface area (Å²) in [5.74, 6) is -1.41. The van der Waals surface area contributed by atoms with Gasteiger partial charge in [0.2, 0.25) is 5.95 Å². The molecule has 0 amide bonds. The summed E-state index contributed by atoms with van der Waals surface area (Å²) >= 11 is 0. The van der Waals surface area contributed by atoms with Gasteiger partial charge in [0, 0.05) is 18.5 Å². The van der Waals surface area contributed by atoms with Crippen LogP contribution in [0.5, 0.6) is 0 Å². The first kappa shape index (κ1) is 14.1. The molecule has 0 radical (unpaired) electrons. The first-order valence-electron chi connectivity index (χ1n) is 6.55. The van der Waals surface area contributed by atoms with Crippen LogP contribution in [0.4, 0.5) is 14.7 Å². The highest BCUT2D eigenvalue weighted by molar-refractivity contribution is 5.80. The maximum Gasteiger partial charge on any atom is 0.256 e. The number of halogens is 2. The molecule has 5 nitrogen and oxygen atoms in total. The van der Waals surface area contributed by atoms with E-state index in [0.717, 1.165) is 16.7 Å². The molecule has 3 rings (SSSR count). The van der Waals surface area contributed by atoms with Crippen LogP contribution in [0.3, 0.4) is 0 Å². The van der Waals surface area contributed by atoms with E-state index in [4.69, 9.17) is 0 Å². The molecular formula is C15H12F2N4O. The molecular weight excluding hydrogens is 290 g/mol. The molecule has 0 bridgehead atoms. The third-order valence-corrected chi connectivity index (χ3v) is 3.33. The van der Waals surface area contributed by atoms with Crippen LogP contribution in [-0.2, 0) is 0 Å². The van der Waals surface area contributed by atoms with Crippen LogP contribution in [0.15, 0.2) is 35.1 Å². The van der Waals surface area contributed by atoms with E-state index in [-0.39, 0.29) is 11.6 Å². The van der Waals surface area contributed by atoms with Crippen molar-refractivity contribution in [1.82, 2.24) is 14.5 Å². The summed E-state index contributed by atoms with van der Waals surface area (Å²) in [6.07, 6.45) is 0. The van der Waals surface area contributed by atoms with Crippen molar-refractivity contribution in [3.05, 3.63) is 58.0 Å². The topological polar surface area (TPSA) is 59.8 Å². The van der Waals surface area contributed by atoms with Crippen LogP contribution in [0.1, 0.15) is 5.69 Å². The Bertz CT molecular complexity index is 916. The van der Waals surface area contributed by atoms with Crippen molar-refractivity contribution in [1.29, 1.82) is 0 Å². The quantitative estimate of drug-likeness (QED) is 0.790. The molecule has 0 atom stereocenters. The molecule has 0 saturated heterocycles. The number of hydrogen-bond donors (Lipinski definition) is 1. The molecule has 0 spiro atoms. The average Bonchev–Trinajstić information content (AvgIpc) is 2.48. The highest BCUT2D eigenvalue weighted by atomic mass is 19.1. The number of hydrogen-bond acceptors (Lipinski definition) is 4. The van der Waals surface area contributed by atoms with E-state index < -0.39 is 22.9 Å². The van der Waals surface area contributed by atoms with E-state index >= 15 is 0 Å². The van der Waals surface area contributed by atoms with Crippen molar-refractivity contribution in [2.45, 2.75) is 6.92 Å². The predicted octanol–water partition coefficient (Wildman–Crippen LogP) is 2.41. The minimum absolute atomic E-state index is 0.147. The molecule has 0 saturated carbocycles. The number of fused-ring (bicyclic) bond motifs is 1. The van der Waals surface area contributed by atoms with Gasteiger partial charge < -0.3 is 5.32 Å². The maximum atomic E-state index is 14.1. The Morgan fingerprint density at radius 3 is 2.41 bits per heavy atom. The molecule has 0 unspecified atom stereocenters. The van der Waals surface area contributed by atoms with Gasteiger partial charge in [-0.15, -0.1) is 0 Å². The van der Waals surface area contributed by atoms with Crippen LogP contribution in [0.2, 0.25) is 0 Å². The average molecular weight is 302 g/mol. The zero-order valence-electron chi connectivity index (χ0n) is 11.9. The molecule has 0 aliphatic heterocycles. The minimum Gasteiger partial charge on any atom is -0.357 e. The van der Waals surface area contributed by atoms with E-state index in [1.807, 2.05) is 0 Å². The number of aryl methyl sites for hydroxylation is 1. The number of para-hydroxylation sites is 1. The van der Waals surface area contributed by atoms with E-state index in [1.54, 1.807) is 20.0 Å². The third-order valence-electron chi connectivity index (χ3n) is 3.33. The zero-order chi connectivity index (χ0) is 15.9. The fourth-order valence-electron chi connectivity index (χ4n) is 2.30. The minimum atomic E-state index is -0.836. The van der Waals surface area contributed by atoms with Gasteiger partial charge in [0.25, 0.3) is 5.56 Å². The molecule has 112 valence electrons. The second kappa shape index (κ2) is 5.18. The lowest BCUT2D eigenvalue weighted by Crippen LogP contribution is -2.21. The van der Waals surface area contributed by atoms with Crippen LogP contribution in [0, 0.1) is 18.6 Å². The van der Waals surface area contributed by atoms with Crippen molar-refractivity contribution >= 4 is 17.0 Å². The third kappa shape index (κ3) is 2.11. The van der Waals surface area contributed by atoms with Gasteiger partial charge >= 0.3 is 0 Å². The van der Waals surface area contributed by atoms with Crippen molar-refractivity contribution in [3.8, 4) is 5.69 Å². The van der Waals surface area contributed by atoms with Gasteiger partial charge in [-0.2, -0.15) is 4.98 Å². The summed E-state index contributed by atoms with van der Waals surface area (Å²) in [6.45, 7) is 1.73. The summed E-state index contributed by atoms with van der Waals surface area (Å²) in [4.78, 5) is 20.6. The number of rotatable bonds is 2. The van der Waals surface area contributed by atoms with Crippen LogP contribution in [-0.4, -0.2) is 21.6 Å². The lowest BCUT2D eigenvalue weighted by atomic mass is 10.2. The summed E-state index contributed by atoms with van der Waals surface area (Å²) in [7, 11) is 1.62. The molecule has 2 heterocycles. The van der Waals surface area contributed by atoms with Crippen LogP contribution in [0.25, 0.3) is 16.7 Å². The largest absolute Gasteiger partial charge is 0.357 e. The molecule has 1 aromatic carbocycles. The lowest BCUT2D eigenvalue weighted by molar-refractivity contribution is 0.568. The number of benzene rings is 1. The molecule has 7 heteroatoms. The lowest BCUT2D eigenvalue weighted by Gasteiger charge is -2.13. The van der Waals surface area contributed by atoms with Crippen LogP contribution >= 0.6 is 0 Å². The van der Waals surface area contributed by atoms with E-state index in [9.17, 15) is 13.6 Å². The van der Waals surface area contributed by atoms with Gasteiger partial charge in [0.15, 0.2) is 5.65 Å². The first-order valence-corrected chi connectivity index (χ1v) is 6.55. The fourth-order valence-corrected chi connectivity index (χ4v) is 2.30. The SMILES string of the molecule is CNc1nc(C)c2ccc(=O)n(-c3c(F)cccc3F)c2n1. The zero-order valence-corrected chi connectivity index (χ0v) is 11.9. The molecule has 22 heavy (non-hydrogen) atoms. The van der Waals surface area contributed by atoms with E-state index in [2.05, 4.69) is 15.3 Å². The van der Waals surface area contributed by atoms with Gasteiger partial charge in [-0.1, -0.05) is 6.07 Å². The highest BCUT2D eigenvalue weighted by Crippen LogP contribution is 2.22. The Morgan fingerprint density at radius 2 is 1.77 bits per heavy atom. The van der Waals surface area contributed by atoms with Gasteiger partial charge in [0.05, 0.1) is 5.69 Å². The van der Waals surface area contributed by atoms with Gasteiger partial charge in [0.1, 0.15) is 17.3 Å². The second-order valence-corrected chi connectivity index (χ2v) is 4.70. The number of nitrogens with one attached hydrogen (secondary N) is 1. The highest BCUT2D eigenvalue weighted by Gasteiger charge is 2.17. The Morgan fingerprint density at radius 1 is 1.09 bits per heavy atom. The van der Waals surface area contributed by atoms with Gasteiger partial charge in [-0.25, -0.2) is 13.8 Å². The Labute approximate surface area is 124 Å². The van der Waals surface area contributed by atoms with Crippen molar-refractivity contribution < 1.29 is 8.78 Å². The van der Waals surface area contributed by atoms with E-state index in [0.29, 0.717) is 11.1 Å². The number of pyridine rings is 1. The number of anilines is 1. The Hall–Kier alpha value is -2.83. The fraction of sp³-hybridized carbons (Fsp3) is 0.133. The van der Waals surface area contributed by atoms with Crippen LogP contribution < -0.4 is 10.9 Å². The molecule has 2 aromatic heterocycles. The molecule has 0 fully saturated rings. The summed E-state index contributed by atoms with van der Waals surface area (Å²) < 4.78 is 29.1. The van der Waals surface area contributed by atoms with E-state index in [1.165, 1.54) is 12.1 Å². The monoisotopic (exact) mass is 302 g/mol. The summed E-state index contributed by atoms with van der Waals surface area (Å²) in [5.41, 5.74) is -0.275. The number of nitrogens with zero attached hydrogens (tertiary/aromatic N) is 3. The number of aromatic nitrogens is 3.